The van der Waals surface area contributed by atoms with E-state index in [9.17, 15) is 0 Å². The molecular formula is C39H29BN2. The number of hydrogen-bond acceptors (Lipinski definition) is 2. The van der Waals surface area contributed by atoms with Gasteiger partial charge in [-0.3, -0.25) is 0 Å². The van der Waals surface area contributed by atoms with Crippen molar-refractivity contribution in [3.8, 4) is 0 Å². The van der Waals surface area contributed by atoms with Crippen molar-refractivity contribution in [2.45, 2.75) is 6.92 Å². The first-order valence-corrected chi connectivity index (χ1v) is 14.5. The molecule has 0 bridgehead atoms. The van der Waals surface area contributed by atoms with Crippen molar-refractivity contribution >= 4 is 74.1 Å². The summed E-state index contributed by atoms with van der Waals surface area (Å²) in [6.45, 7) is 6.28. The standard InChI is InChI=1S/C39H29BN2/c1-3-4-15-28-24-25-34-38(27(28)2)42(31-19-9-6-10-20-31)39-32-21-12-11-16-29(32)26-36-37(39)40(34)33-22-13-14-23-35(33)41(36)30-17-7-5-8-18-30/h3-26H,1H2,2H3/b15-4-. The van der Waals surface area contributed by atoms with Crippen LogP contribution in [-0.2, 0) is 0 Å². The lowest BCUT2D eigenvalue weighted by molar-refractivity contribution is 1.24. The van der Waals surface area contributed by atoms with Gasteiger partial charge in [-0.05, 0) is 76.2 Å². The molecule has 198 valence electrons. The molecule has 0 atom stereocenters. The lowest BCUT2D eigenvalue weighted by atomic mass is 9.33. The molecule has 0 radical (unpaired) electrons. The summed E-state index contributed by atoms with van der Waals surface area (Å²) in [7, 11) is 0. The van der Waals surface area contributed by atoms with E-state index in [2.05, 4.69) is 157 Å². The largest absolute Gasteiger partial charge is 0.311 e. The average molecular weight is 536 g/mol. The van der Waals surface area contributed by atoms with E-state index in [0.29, 0.717) is 0 Å². The van der Waals surface area contributed by atoms with E-state index in [1.807, 2.05) is 12.2 Å². The van der Waals surface area contributed by atoms with Crippen molar-refractivity contribution < 1.29 is 0 Å². The molecule has 3 heteroatoms. The van der Waals surface area contributed by atoms with Crippen LogP contribution in [0.2, 0.25) is 0 Å². The predicted octanol–water partition coefficient (Wildman–Crippen LogP) is 8.43. The monoisotopic (exact) mass is 536 g/mol. The number of rotatable bonds is 4. The molecule has 2 aliphatic heterocycles. The van der Waals surface area contributed by atoms with Gasteiger partial charge in [0.15, 0.2) is 0 Å². The van der Waals surface area contributed by atoms with E-state index in [0.717, 1.165) is 5.69 Å². The molecule has 0 amide bonds. The Bertz CT molecular complexity index is 2030. The maximum absolute atomic E-state index is 3.92. The molecule has 0 N–H and O–H groups in total. The Morgan fingerprint density at radius 3 is 2.05 bits per heavy atom. The molecule has 2 nitrogen and oxygen atoms in total. The van der Waals surface area contributed by atoms with Crippen LogP contribution in [0.5, 0.6) is 0 Å². The minimum Gasteiger partial charge on any atom is -0.311 e. The molecule has 8 rings (SSSR count). The first kappa shape index (κ1) is 24.5. The van der Waals surface area contributed by atoms with Crippen LogP contribution in [0.3, 0.4) is 0 Å². The van der Waals surface area contributed by atoms with Gasteiger partial charge in [0.05, 0.1) is 5.69 Å². The third kappa shape index (κ3) is 3.53. The summed E-state index contributed by atoms with van der Waals surface area (Å²) in [5.41, 5.74) is 13.8. The fourth-order valence-corrected chi connectivity index (χ4v) is 7.01. The Morgan fingerprint density at radius 2 is 1.29 bits per heavy atom. The molecule has 0 saturated heterocycles. The topological polar surface area (TPSA) is 6.48 Å². The highest BCUT2D eigenvalue weighted by Crippen LogP contribution is 2.47. The fraction of sp³-hybridized carbons (Fsp3) is 0.0256. The number of fused-ring (bicyclic) bond motifs is 6. The predicted molar refractivity (Wildman–Crippen MR) is 182 cm³/mol. The summed E-state index contributed by atoms with van der Waals surface area (Å²) in [5.74, 6) is 0. The molecule has 0 aromatic heterocycles. The lowest BCUT2D eigenvalue weighted by Crippen LogP contribution is -2.61. The molecule has 0 spiro atoms. The summed E-state index contributed by atoms with van der Waals surface area (Å²) in [6.07, 6.45) is 6.04. The number of para-hydroxylation sites is 3. The molecule has 0 aliphatic carbocycles. The lowest BCUT2D eigenvalue weighted by Gasteiger charge is -2.45. The number of allylic oxidation sites excluding steroid dienone is 2. The molecule has 6 aromatic rings. The number of nitrogens with zero attached hydrogens (tertiary/aromatic N) is 2. The summed E-state index contributed by atoms with van der Waals surface area (Å²) in [5, 5.41) is 2.49. The Balaban J connectivity index is 1.56. The van der Waals surface area contributed by atoms with Crippen LogP contribution in [-0.4, -0.2) is 6.71 Å². The van der Waals surface area contributed by atoms with Crippen LogP contribution in [0.4, 0.5) is 34.1 Å². The Hall–Kier alpha value is -5.28. The maximum atomic E-state index is 3.92. The van der Waals surface area contributed by atoms with E-state index in [1.54, 1.807) is 0 Å². The highest BCUT2D eigenvalue weighted by Gasteiger charge is 2.44. The maximum Gasteiger partial charge on any atom is 0.252 e. The molecule has 42 heavy (non-hydrogen) atoms. The molecule has 0 unspecified atom stereocenters. The normalized spacial score (nSPS) is 13.2. The SMILES string of the molecule is C=C/C=C\c1ccc2c(c1C)N(c1ccccc1)c1c3c(cc4ccccc14)N(c1ccccc1)c1ccccc1B23. The van der Waals surface area contributed by atoms with Gasteiger partial charge in [0.25, 0.3) is 6.71 Å². The van der Waals surface area contributed by atoms with Crippen LogP contribution in [0, 0.1) is 6.92 Å². The van der Waals surface area contributed by atoms with Crippen LogP contribution < -0.4 is 26.2 Å². The summed E-state index contributed by atoms with van der Waals surface area (Å²) in [6, 6.07) is 46.4. The fourth-order valence-electron chi connectivity index (χ4n) is 7.01. The van der Waals surface area contributed by atoms with Gasteiger partial charge in [0, 0.05) is 33.8 Å². The third-order valence-corrected chi connectivity index (χ3v) is 8.76. The van der Waals surface area contributed by atoms with Crippen LogP contribution in [0.15, 0.2) is 146 Å². The van der Waals surface area contributed by atoms with Crippen molar-refractivity contribution in [1.82, 2.24) is 0 Å². The molecule has 2 aliphatic rings. The molecule has 0 saturated carbocycles. The van der Waals surface area contributed by atoms with E-state index >= 15 is 0 Å². The van der Waals surface area contributed by atoms with Gasteiger partial charge in [0.1, 0.15) is 0 Å². The van der Waals surface area contributed by atoms with Gasteiger partial charge in [-0.15, -0.1) is 0 Å². The van der Waals surface area contributed by atoms with E-state index in [4.69, 9.17) is 0 Å². The number of hydrogen-bond donors (Lipinski definition) is 0. The van der Waals surface area contributed by atoms with Gasteiger partial charge in [0.2, 0.25) is 0 Å². The van der Waals surface area contributed by atoms with Gasteiger partial charge in [-0.25, -0.2) is 0 Å². The van der Waals surface area contributed by atoms with Crippen LogP contribution in [0.25, 0.3) is 16.8 Å². The van der Waals surface area contributed by atoms with Gasteiger partial charge >= 0.3 is 0 Å². The zero-order valence-corrected chi connectivity index (χ0v) is 23.5. The zero-order chi connectivity index (χ0) is 28.2. The van der Waals surface area contributed by atoms with Crippen molar-refractivity contribution in [3.63, 3.8) is 0 Å². The van der Waals surface area contributed by atoms with Gasteiger partial charge < -0.3 is 9.80 Å². The molecule has 2 heterocycles. The Kier molecular flexibility index (Phi) is 5.65. The number of anilines is 6. The Labute approximate surface area is 247 Å². The minimum atomic E-state index is 0.0989. The summed E-state index contributed by atoms with van der Waals surface area (Å²) >= 11 is 0. The van der Waals surface area contributed by atoms with Gasteiger partial charge in [-0.1, -0.05) is 116 Å². The summed E-state index contributed by atoms with van der Waals surface area (Å²) < 4.78 is 0. The molecular weight excluding hydrogens is 507 g/mol. The molecule has 6 aromatic carbocycles. The smallest absolute Gasteiger partial charge is 0.252 e. The van der Waals surface area contributed by atoms with Crippen molar-refractivity contribution in [3.05, 3.63) is 157 Å². The second-order valence-electron chi connectivity index (χ2n) is 11.0. The van der Waals surface area contributed by atoms with E-state index in [1.165, 1.54) is 66.7 Å². The summed E-state index contributed by atoms with van der Waals surface area (Å²) in [4.78, 5) is 4.98. The number of benzene rings is 6. The van der Waals surface area contributed by atoms with Crippen molar-refractivity contribution in [1.29, 1.82) is 0 Å². The van der Waals surface area contributed by atoms with Crippen LogP contribution >= 0.6 is 0 Å². The second kappa shape index (κ2) is 9.68. The highest BCUT2D eigenvalue weighted by atomic mass is 15.2. The highest BCUT2D eigenvalue weighted by molar-refractivity contribution is 7.00. The van der Waals surface area contributed by atoms with E-state index < -0.39 is 0 Å². The van der Waals surface area contributed by atoms with Gasteiger partial charge in [-0.2, -0.15) is 0 Å². The minimum absolute atomic E-state index is 0.0989. The Morgan fingerprint density at radius 1 is 0.619 bits per heavy atom. The quantitative estimate of drug-likeness (QED) is 0.165. The third-order valence-electron chi connectivity index (χ3n) is 8.76. The first-order chi connectivity index (χ1) is 20.8. The first-order valence-electron chi connectivity index (χ1n) is 14.5. The zero-order valence-electron chi connectivity index (χ0n) is 23.5. The van der Waals surface area contributed by atoms with Crippen LogP contribution in [0.1, 0.15) is 11.1 Å². The second-order valence-corrected chi connectivity index (χ2v) is 11.0. The molecule has 0 fully saturated rings. The average Bonchev–Trinajstić information content (AvgIpc) is 3.05. The van der Waals surface area contributed by atoms with E-state index in [-0.39, 0.29) is 6.71 Å². The van der Waals surface area contributed by atoms with Crippen molar-refractivity contribution in [2.24, 2.45) is 0 Å². The van der Waals surface area contributed by atoms with Crippen molar-refractivity contribution in [2.75, 3.05) is 9.80 Å².